The number of aromatic amines is 1. The van der Waals surface area contributed by atoms with E-state index in [-0.39, 0.29) is 33.9 Å². The molecule has 3 heterocycles. The highest BCUT2D eigenvalue weighted by atomic mass is 35.5. The van der Waals surface area contributed by atoms with Crippen LogP contribution in [0.25, 0.3) is 0 Å². The summed E-state index contributed by atoms with van der Waals surface area (Å²) in [6.07, 6.45) is 6.45. The molecule has 0 bridgehead atoms. The van der Waals surface area contributed by atoms with E-state index in [4.69, 9.17) is 23.2 Å². The minimum atomic E-state index is -0.768. The van der Waals surface area contributed by atoms with Crippen molar-refractivity contribution in [3.8, 4) is 0 Å². The van der Waals surface area contributed by atoms with Crippen molar-refractivity contribution in [2.45, 2.75) is 37.9 Å². The van der Waals surface area contributed by atoms with Gasteiger partial charge in [0.05, 0.1) is 23.5 Å². The molecule has 1 unspecified atom stereocenters. The predicted molar refractivity (Wildman–Crippen MR) is 124 cm³/mol. The van der Waals surface area contributed by atoms with Gasteiger partial charge >= 0.3 is 5.62 Å². The van der Waals surface area contributed by atoms with Crippen molar-refractivity contribution in [3.63, 3.8) is 0 Å². The first-order valence-corrected chi connectivity index (χ1v) is 11.3. The van der Waals surface area contributed by atoms with E-state index in [0.29, 0.717) is 18.5 Å². The van der Waals surface area contributed by atoms with E-state index in [0.717, 1.165) is 5.56 Å². The molecule has 1 aliphatic rings. The van der Waals surface area contributed by atoms with Crippen LogP contribution in [0.1, 0.15) is 29.4 Å². The highest BCUT2D eigenvalue weighted by molar-refractivity contribution is 6.41. The molecular weight excluding hydrogens is 463 g/mol. The molecule has 1 aliphatic heterocycles. The Bertz CT molecular complexity index is 1220. The van der Waals surface area contributed by atoms with E-state index in [1.807, 2.05) is 60.0 Å². The first-order valence-electron chi connectivity index (χ1n) is 10.5. The van der Waals surface area contributed by atoms with Crippen molar-refractivity contribution in [2.75, 3.05) is 0 Å². The minimum Gasteiger partial charge on any atom is -0.348 e. The molecule has 3 aromatic rings. The summed E-state index contributed by atoms with van der Waals surface area (Å²) < 4.78 is 1.82. The van der Waals surface area contributed by atoms with Crippen LogP contribution in [-0.2, 0) is 11.2 Å². The molecule has 0 saturated carbocycles. The van der Waals surface area contributed by atoms with Crippen LogP contribution in [0.4, 0.5) is 0 Å². The highest BCUT2D eigenvalue weighted by Gasteiger charge is 2.29. The Kier molecular flexibility index (Phi) is 7.05. The average Bonchev–Trinajstić information content (AvgIpc) is 3.40. The fraction of sp³-hybridized carbons (Fsp3) is 0.261. The summed E-state index contributed by atoms with van der Waals surface area (Å²) in [5.74, 6) is -0.762. The first kappa shape index (κ1) is 22.9. The van der Waals surface area contributed by atoms with Crippen LogP contribution in [0.3, 0.4) is 0 Å². The second-order valence-corrected chi connectivity index (χ2v) is 8.57. The molecule has 0 fully saturated rings. The molecule has 10 heteroatoms. The van der Waals surface area contributed by atoms with Gasteiger partial charge in [0.2, 0.25) is 5.91 Å². The molecule has 3 atom stereocenters. The Morgan fingerprint density at radius 1 is 1.18 bits per heavy atom. The monoisotopic (exact) mass is 485 g/mol. The van der Waals surface area contributed by atoms with Gasteiger partial charge < -0.3 is 15.6 Å². The second-order valence-electron chi connectivity index (χ2n) is 7.79. The van der Waals surface area contributed by atoms with Gasteiger partial charge in [-0.2, -0.15) is 0 Å². The van der Waals surface area contributed by atoms with Gasteiger partial charge in [0.15, 0.2) is 6.04 Å². The van der Waals surface area contributed by atoms with Crippen LogP contribution < -0.4 is 20.5 Å². The number of aryl methyl sites for hydroxylation is 1. The molecule has 2 aromatic heterocycles. The lowest BCUT2D eigenvalue weighted by Gasteiger charge is -2.21. The number of carbonyl (C=O) groups excluding carboxylic acids is 2. The van der Waals surface area contributed by atoms with Crippen LogP contribution in [0.5, 0.6) is 0 Å². The normalized spacial score (nSPS) is 16.2. The lowest BCUT2D eigenvalue weighted by Crippen LogP contribution is -2.51. The number of hydrogen-bond acceptors (Lipinski definition) is 4. The van der Waals surface area contributed by atoms with Gasteiger partial charge in [0.1, 0.15) is 23.1 Å². The number of carbonyl (C=O) groups is 2. The van der Waals surface area contributed by atoms with Crippen molar-refractivity contribution in [1.29, 1.82) is 0 Å². The molecule has 3 N–H and O–H groups in total. The molecule has 0 radical (unpaired) electrons. The number of amides is 2. The smallest absolute Gasteiger partial charge is 0.348 e. The third kappa shape index (κ3) is 5.58. The molecule has 8 nitrogen and oxygen atoms in total. The number of H-pyrrole nitrogens is 1. The van der Waals surface area contributed by atoms with Crippen molar-refractivity contribution in [1.82, 2.24) is 20.6 Å². The van der Waals surface area contributed by atoms with E-state index in [1.165, 1.54) is 6.07 Å². The maximum absolute atomic E-state index is 13.2. The van der Waals surface area contributed by atoms with E-state index in [1.54, 1.807) is 6.20 Å². The number of hydrogen-bond donors (Lipinski definition) is 3. The van der Waals surface area contributed by atoms with E-state index in [2.05, 4.69) is 25.6 Å². The van der Waals surface area contributed by atoms with Crippen LogP contribution in [0.15, 0.2) is 59.9 Å². The second kappa shape index (κ2) is 10.1. The zero-order valence-corrected chi connectivity index (χ0v) is 19.3. The molecule has 0 spiro atoms. The molecule has 0 aliphatic carbocycles. The molecule has 33 heavy (non-hydrogen) atoms. The lowest BCUT2D eigenvalue weighted by atomic mass is 10.0. The summed E-state index contributed by atoms with van der Waals surface area (Å²) in [6, 6.07) is 11.7. The topological polar surface area (TPSA) is 105 Å². The van der Waals surface area contributed by atoms with Gasteiger partial charge in [0.25, 0.3) is 5.91 Å². The summed E-state index contributed by atoms with van der Waals surface area (Å²) in [7, 11) is 0. The Balaban J connectivity index is 1.47. The third-order valence-electron chi connectivity index (χ3n) is 5.37. The standard InChI is InChI=1S/C23H22Cl2N6O2/c1-14(19-13-31-11-5-10-26-23(31)30-19)27-21(32)17(9-8-15-6-3-2-4-7-15)29-22(33)18-12-16(24)20(25)28-18/h2-7,10-14,17,19H,8-9H2,1H3,(H2-,27,28,29,32,33)/p+1/t14-,17-,19?/m0/s1. The highest BCUT2D eigenvalue weighted by Crippen LogP contribution is 2.22. The molecule has 1 aromatic carbocycles. The molecule has 2 amide bonds. The SMILES string of the molecule is C[C@H](NC(=O)[C@H](CCc1ccccc1)NC(=O)c1cc(Cl)c(Cl)[nH]1)C1C=[n+]2cccnc2=N1. The van der Waals surface area contributed by atoms with Crippen LogP contribution in [0.2, 0.25) is 10.2 Å². The Hall–Kier alpha value is -3.23. The molecular formula is C23H23Cl2N6O2+. The lowest BCUT2D eigenvalue weighted by molar-refractivity contribution is -0.527. The van der Waals surface area contributed by atoms with Crippen LogP contribution >= 0.6 is 23.2 Å². The number of halogens is 2. The number of rotatable bonds is 8. The number of benzene rings is 1. The predicted octanol–water partition coefficient (Wildman–Crippen LogP) is 1.95. The summed E-state index contributed by atoms with van der Waals surface area (Å²) in [5.41, 5.74) is 1.84. The Labute approximate surface area is 200 Å². The van der Waals surface area contributed by atoms with Crippen molar-refractivity contribution in [3.05, 3.63) is 88.1 Å². The molecule has 170 valence electrons. The zero-order chi connectivity index (χ0) is 23.4. The first-order chi connectivity index (χ1) is 15.9. The van der Waals surface area contributed by atoms with E-state index < -0.39 is 11.9 Å². The maximum Gasteiger partial charge on any atom is 0.432 e. The van der Waals surface area contributed by atoms with Crippen molar-refractivity contribution >= 4 is 35.0 Å². The number of nitrogens with zero attached hydrogens (tertiary/aromatic N) is 3. The number of fused-ring (bicyclic) bond motifs is 1. The maximum atomic E-state index is 13.2. The van der Waals surface area contributed by atoms with Crippen LogP contribution in [-0.4, -0.2) is 39.9 Å². The summed E-state index contributed by atoms with van der Waals surface area (Å²) >= 11 is 11.9. The molecule has 4 rings (SSSR count). The Morgan fingerprint density at radius 3 is 2.67 bits per heavy atom. The van der Waals surface area contributed by atoms with Gasteiger partial charge in [-0.25, -0.2) is 4.24 Å². The number of nitrogens with one attached hydrogen (secondary N) is 3. The molecule has 0 saturated heterocycles. The van der Waals surface area contributed by atoms with Gasteiger partial charge in [0, 0.05) is 6.07 Å². The minimum absolute atomic E-state index is 0.171. The summed E-state index contributed by atoms with van der Waals surface area (Å²) in [6.45, 7) is 1.87. The van der Waals surface area contributed by atoms with Crippen LogP contribution in [0, 0.1) is 6.21 Å². The summed E-state index contributed by atoms with van der Waals surface area (Å²) in [4.78, 5) is 37.4. The van der Waals surface area contributed by atoms with Crippen molar-refractivity contribution in [2.24, 2.45) is 4.99 Å². The quantitative estimate of drug-likeness (QED) is 0.424. The largest absolute Gasteiger partial charge is 0.432 e. The van der Waals surface area contributed by atoms with Crippen molar-refractivity contribution < 1.29 is 13.8 Å². The van der Waals surface area contributed by atoms with Gasteiger partial charge in [-0.1, -0.05) is 63.5 Å². The average molecular weight is 486 g/mol. The van der Waals surface area contributed by atoms with Gasteiger partial charge in [-0.05, 0) is 31.4 Å². The van der Waals surface area contributed by atoms with E-state index in [9.17, 15) is 9.59 Å². The van der Waals surface area contributed by atoms with E-state index >= 15 is 0 Å². The fourth-order valence-corrected chi connectivity index (χ4v) is 3.87. The van der Waals surface area contributed by atoms with Gasteiger partial charge in [-0.3, -0.25) is 9.59 Å². The zero-order valence-electron chi connectivity index (χ0n) is 17.8. The summed E-state index contributed by atoms with van der Waals surface area (Å²) in [5, 5.41) is 6.20. The van der Waals surface area contributed by atoms with Gasteiger partial charge in [-0.15, -0.1) is 0 Å². The third-order valence-corrected chi connectivity index (χ3v) is 6.06. The number of aromatic nitrogens is 3. The Morgan fingerprint density at radius 2 is 1.97 bits per heavy atom. The fourth-order valence-electron chi connectivity index (χ4n) is 3.56.